The molecule has 0 radical (unpaired) electrons. The number of hydrogen-bond donors (Lipinski definition) is 2. The van der Waals surface area contributed by atoms with E-state index in [1.807, 2.05) is 33.2 Å². The summed E-state index contributed by atoms with van der Waals surface area (Å²) >= 11 is 4.25. The number of carbonyl (C=O) groups is 1. The van der Waals surface area contributed by atoms with E-state index in [4.69, 9.17) is 0 Å². The van der Waals surface area contributed by atoms with E-state index in [0.29, 0.717) is 6.54 Å². The zero-order chi connectivity index (χ0) is 12.1. The van der Waals surface area contributed by atoms with Crippen molar-refractivity contribution in [3.63, 3.8) is 0 Å². The van der Waals surface area contributed by atoms with E-state index in [9.17, 15) is 4.79 Å². The standard InChI is InChI=1S/C11H19N3OS/c1-8(2)10(16)11(15)12-6-4-9-5-7-14(3)13-9/h5,7-8,10,16H,4,6H2,1-3H3,(H,12,15). The molecule has 0 aliphatic heterocycles. The lowest BCUT2D eigenvalue weighted by atomic mass is 10.1. The number of aryl methyl sites for hydroxylation is 1. The number of amides is 1. The number of hydrogen-bond acceptors (Lipinski definition) is 3. The van der Waals surface area contributed by atoms with Gasteiger partial charge in [0.1, 0.15) is 0 Å². The molecule has 0 spiro atoms. The van der Waals surface area contributed by atoms with Crippen LogP contribution in [-0.4, -0.2) is 27.5 Å². The van der Waals surface area contributed by atoms with Crippen molar-refractivity contribution in [2.24, 2.45) is 13.0 Å². The first-order valence-electron chi connectivity index (χ1n) is 5.45. The summed E-state index contributed by atoms with van der Waals surface area (Å²) in [7, 11) is 1.88. The number of thiol groups is 1. The van der Waals surface area contributed by atoms with Gasteiger partial charge in [0.05, 0.1) is 10.9 Å². The third-order valence-electron chi connectivity index (χ3n) is 2.35. The molecule has 0 saturated carbocycles. The lowest BCUT2D eigenvalue weighted by molar-refractivity contribution is -0.121. The predicted octanol–water partition coefficient (Wildman–Crippen LogP) is 1.03. The van der Waals surface area contributed by atoms with Gasteiger partial charge in [-0.3, -0.25) is 9.48 Å². The molecule has 90 valence electrons. The average molecular weight is 241 g/mol. The highest BCUT2D eigenvalue weighted by Gasteiger charge is 2.16. The van der Waals surface area contributed by atoms with Gasteiger partial charge in [-0.15, -0.1) is 0 Å². The van der Waals surface area contributed by atoms with Crippen LogP contribution in [0.2, 0.25) is 0 Å². The smallest absolute Gasteiger partial charge is 0.233 e. The fourth-order valence-corrected chi connectivity index (χ4v) is 1.41. The average Bonchev–Trinajstić information content (AvgIpc) is 2.62. The zero-order valence-electron chi connectivity index (χ0n) is 9.97. The summed E-state index contributed by atoms with van der Waals surface area (Å²) in [6.45, 7) is 4.58. The van der Waals surface area contributed by atoms with Crippen molar-refractivity contribution in [2.45, 2.75) is 25.5 Å². The second-order valence-electron chi connectivity index (χ2n) is 4.21. The van der Waals surface area contributed by atoms with Crippen LogP contribution in [0, 0.1) is 5.92 Å². The first kappa shape index (κ1) is 13.1. The summed E-state index contributed by atoms with van der Waals surface area (Å²) in [5.41, 5.74) is 0.989. The van der Waals surface area contributed by atoms with E-state index < -0.39 is 0 Å². The zero-order valence-corrected chi connectivity index (χ0v) is 10.9. The van der Waals surface area contributed by atoms with Crippen molar-refractivity contribution < 1.29 is 4.79 Å². The van der Waals surface area contributed by atoms with Crippen LogP contribution < -0.4 is 5.32 Å². The molecule has 0 aliphatic rings. The Morgan fingerprint density at radius 3 is 2.81 bits per heavy atom. The quantitative estimate of drug-likeness (QED) is 0.757. The molecule has 5 heteroatoms. The lowest BCUT2D eigenvalue weighted by Crippen LogP contribution is -2.35. The van der Waals surface area contributed by atoms with Gasteiger partial charge >= 0.3 is 0 Å². The van der Waals surface area contributed by atoms with Crippen LogP contribution in [0.15, 0.2) is 12.3 Å². The molecule has 1 aromatic rings. The summed E-state index contributed by atoms with van der Waals surface area (Å²) in [6.07, 6.45) is 2.65. The molecule has 1 amide bonds. The SMILES string of the molecule is CC(C)C(S)C(=O)NCCc1ccn(C)n1. The van der Waals surface area contributed by atoms with Crippen LogP contribution in [0.5, 0.6) is 0 Å². The van der Waals surface area contributed by atoms with Crippen LogP contribution in [0.1, 0.15) is 19.5 Å². The van der Waals surface area contributed by atoms with Gasteiger partial charge in [0.25, 0.3) is 0 Å². The van der Waals surface area contributed by atoms with Crippen LogP contribution in [-0.2, 0) is 18.3 Å². The fourth-order valence-electron chi connectivity index (χ4n) is 1.32. The maximum absolute atomic E-state index is 11.6. The minimum Gasteiger partial charge on any atom is -0.355 e. The first-order valence-corrected chi connectivity index (χ1v) is 5.96. The first-order chi connectivity index (χ1) is 7.50. The Labute approximate surface area is 102 Å². The van der Waals surface area contributed by atoms with Crippen LogP contribution in [0.3, 0.4) is 0 Å². The van der Waals surface area contributed by atoms with E-state index in [0.717, 1.165) is 12.1 Å². The summed E-state index contributed by atoms with van der Waals surface area (Å²) in [5.74, 6) is 0.243. The van der Waals surface area contributed by atoms with Gasteiger partial charge in [0, 0.05) is 26.2 Å². The molecule has 1 N–H and O–H groups in total. The Morgan fingerprint density at radius 2 is 2.31 bits per heavy atom. The monoisotopic (exact) mass is 241 g/mol. The van der Waals surface area contributed by atoms with Crippen LogP contribution >= 0.6 is 12.6 Å². The predicted molar refractivity (Wildman–Crippen MR) is 67.5 cm³/mol. The minimum atomic E-state index is -0.233. The Hall–Kier alpha value is -0.970. The topological polar surface area (TPSA) is 46.9 Å². The Morgan fingerprint density at radius 1 is 1.62 bits per heavy atom. The maximum Gasteiger partial charge on any atom is 0.233 e. The van der Waals surface area contributed by atoms with Gasteiger partial charge in [0.2, 0.25) is 5.91 Å². The molecule has 1 unspecified atom stereocenters. The molecule has 1 rings (SSSR count). The van der Waals surface area contributed by atoms with Crippen LogP contribution in [0.4, 0.5) is 0 Å². The minimum absolute atomic E-state index is 0.00531. The second-order valence-corrected chi connectivity index (χ2v) is 4.77. The number of carbonyl (C=O) groups excluding carboxylic acids is 1. The molecule has 1 heterocycles. The molecule has 1 aromatic heterocycles. The highest BCUT2D eigenvalue weighted by atomic mass is 32.1. The largest absolute Gasteiger partial charge is 0.355 e. The molecule has 4 nitrogen and oxygen atoms in total. The Kier molecular flexibility index (Phi) is 4.86. The molecule has 0 bridgehead atoms. The van der Waals surface area contributed by atoms with E-state index in [1.54, 1.807) is 4.68 Å². The summed E-state index contributed by atoms with van der Waals surface area (Å²) in [5, 5.41) is 6.86. The van der Waals surface area contributed by atoms with Crippen molar-refractivity contribution in [1.82, 2.24) is 15.1 Å². The summed E-state index contributed by atoms with van der Waals surface area (Å²) in [4.78, 5) is 11.6. The molecule has 0 aromatic carbocycles. The summed E-state index contributed by atoms with van der Waals surface area (Å²) in [6, 6.07) is 1.95. The Balaban J connectivity index is 2.28. The molecule has 0 saturated heterocycles. The number of nitrogens with zero attached hydrogens (tertiary/aromatic N) is 2. The normalized spacial score (nSPS) is 12.8. The van der Waals surface area contributed by atoms with Crippen molar-refractivity contribution >= 4 is 18.5 Å². The van der Waals surface area contributed by atoms with Crippen molar-refractivity contribution in [3.05, 3.63) is 18.0 Å². The molecule has 0 aliphatic carbocycles. The third-order valence-corrected chi connectivity index (χ3v) is 3.18. The van der Waals surface area contributed by atoms with Gasteiger partial charge in [-0.05, 0) is 12.0 Å². The van der Waals surface area contributed by atoms with Crippen molar-refractivity contribution in [2.75, 3.05) is 6.54 Å². The highest BCUT2D eigenvalue weighted by molar-refractivity contribution is 7.81. The molecular weight excluding hydrogens is 222 g/mol. The second kappa shape index (κ2) is 5.94. The number of nitrogens with one attached hydrogen (secondary N) is 1. The Bertz CT molecular complexity index is 349. The van der Waals surface area contributed by atoms with Gasteiger partial charge in [0.15, 0.2) is 0 Å². The van der Waals surface area contributed by atoms with E-state index in [2.05, 4.69) is 23.0 Å². The van der Waals surface area contributed by atoms with E-state index >= 15 is 0 Å². The maximum atomic E-state index is 11.6. The molecule has 16 heavy (non-hydrogen) atoms. The van der Waals surface area contributed by atoms with Crippen LogP contribution in [0.25, 0.3) is 0 Å². The van der Waals surface area contributed by atoms with Gasteiger partial charge < -0.3 is 5.32 Å². The fraction of sp³-hybridized carbons (Fsp3) is 0.636. The lowest BCUT2D eigenvalue weighted by Gasteiger charge is -2.14. The molecular formula is C11H19N3OS. The van der Waals surface area contributed by atoms with Gasteiger partial charge in [-0.2, -0.15) is 17.7 Å². The van der Waals surface area contributed by atoms with E-state index in [1.165, 1.54) is 0 Å². The molecule has 0 fully saturated rings. The van der Waals surface area contributed by atoms with E-state index in [-0.39, 0.29) is 17.1 Å². The van der Waals surface area contributed by atoms with Crippen molar-refractivity contribution in [3.8, 4) is 0 Å². The third kappa shape index (κ3) is 3.89. The number of aromatic nitrogens is 2. The van der Waals surface area contributed by atoms with Crippen molar-refractivity contribution in [1.29, 1.82) is 0 Å². The number of rotatable bonds is 5. The van der Waals surface area contributed by atoms with Gasteiger partial charge in [-0.1, -0.05) is 13.8 Å². The highest BCUT2D eigenvalue weighted by Crippen LogP contribution is 2.08. The van der Waals surface area contributed by atoms with Gasteiger partial charge in [-0.25, -0.2) is 0 Å². The molecule has 1 atom stereocenters. The summed E-state index contributed by atoms with van der Waals surface area (Å²) < 4.78 is 1.76.